The number of rotatable bonds is 3. The zero-order valence-corrected chi connectivity index (χ0v) is 9.90. The molecule has 0 spiro atoms. The van der Waals surface area contributed by atoms with Gasteiger partial charge in [-0.1, -0.05) is 6.07 Å². The lowest BCUT2D eigenvalue weighted by Crippen LogP contribution is -2.16. The molecule has 18 heavy (non-hydrogen) atoms. The molecule has 0 heterocycles. The van der Waals surface area contributed by atoms with Crippen molar-refractivity contribution in [2.24, 2.45) is 0 Å². The predicted octanol–water partition coefficient (Wildman–Crippen LogP) is 3.31. The number of anilines is 1. The maximum Gasteiger partial charge on any atom is 0.125 e. The predicted molar refractivity (Wildman–Crippen MR) is 66.6 cm³/mol. The molecule has 2 nitrogen and oxygen atoms in total. The van der Waals surface area contributed by atoms with Crippen LogP contribution >= 0.6 is 0 Å². The Morgan fingerprint density at radius 1 is 1.06 bits per heavy atom. The summed E-state index contributed by atoms with van der Waals surface area (Å²) in [5, 5.41) is 9.62. The molecule has 2 rings (SSSR count). The number of phenolic OH excluding ortho intramolecular Hbond substituents is 1. The van der Waals surface area contributed by atoms with Crippen LogP contribution in [0.15, 0.2) is 42.5 Å². The molecule has 0 atom stereocenters. The van der Waals surface area contributed by atoms with Gasteiger partial charge in [0.1, 0.15) is 17.4 Å². The molecule has 0 bridgehead atoms. The zero-order valence-electron chi connectivity index (χ0n) is 9.90. The van der Waals surface area contributed by atoms with Crippen molar-refractivity contribution in [3.8, 4) is 5.75 Å². The smallest absolute Gasteiger partial charge is 0.125 e. The van der Waals surface area contributed by atoms with Gasteiger partial charge in [-0.15, -0.1) is 0 Å². The van der Waals surface area contributed by atoms with E-state index in [1.54, 1.807) is 24.1 Å². The molecule has 1 N–H and O–H groups in total. The number of aromatic hydroxyl groups is 1. The molecular formula is C14H13F2NO. The molecule has 2 aromatic carbocycles. The Balaban J connectivity index is 2.21. The van der Waals surface area contributed by atoms with Crippen LogP contribution in [0.2, 0.25) is 0 Å². The average Bonchev–Trinajstić information content (AvgIpc) is 2.34. The van der Waals surface area contributed by atoms with Crippen LogP contribution < -0.4 is 4.90 Å². The minimum atomic E-state index is -0.407. The Morgan fingerprint density at radius 3 is 2.50 bits per heavy atom. The van der Waals surface area contributed by atoms with Gasteiger partial charge in [-0.05, 0) is 36.4 Å². The number of phenols is 1. The van der Waals surface area contributed by atoms with E-state index in [1.165, 1.54) is 30.3 Å². The van der Waals surface area contributed by atoms with E-state index < -0.39 is 5.82 Å². The van der Waals surface area contributed by atoms with Gasteiger partial charge in [-0.3, -0.25) is 0 Å². The van der Waals surface area contributed by atoms with Gasteiger partial charge in [0, 0.05) is 24.8 Å². The zero-order chi connectivity index (χ0) is 13.1. The van der Waals surface area contributed by atoms with Crippen LogP contribution in [0.4, 0.5) is 14.5 Å². The summed E-state index contributed by atoms with van der Waals surface area (Å²) < 4.78 is 26.1. The highest BCUT2D eigenvalue weighted by atomic mass is 19.1. The van der Waals surface area contributed by atoms with Gasteiger partial charge in [-0.2, -0.15) is 0 Å². The van der Waals surface area contributed by atoms with E-state index in [1.807, 2.05) is 0 Å². The standard InChI is InChI=1S/C14H13F2NO/c1-17(13-4-2-3-11(15)8-13)9-10-7-12(16)5-6-14(10)18/h2-8,18H,9H2,1H3. The number of hydrogen-bond acceptors (Lipinski definition) is 2. The van der Waals surface area contributed by atoms with Crippen LogP contribution in [0.1, 0.15) is 5.56 Å². The summed E-state index contributed by atoms with van der Waals surface area (Å²) in [6.45, 7) is 0.299. The monoisotopic (exact) mass is 249 g/mol. The van der Waals surface area contributed by atoms with Crippen LogP contribution in [0, 0.1) is 11.6 Å². The highest BCUT2D eigenvalue weighted by molar-refractivity contribution is 5.47. The molecule has 2 aromatic rings. The van der Waals surface area contributed by atoms with E-state index in [4.69, 9.17) is 0 Å². The summed E-state index contributed by atoms with van der Waals surface area (Å²) in [6, 6.07) is 9.87. The third-order valence-electron chi connectivity index (χ3n) is 2.70. The molecule has 0 radical (unpaired) electrons. The van der Waals surface area contributed by atoms with Crippen LogP contribution in [0.3, 0.4) is 0 Å². The van der Waals surface area contributed by atoms with Crippen molar-refractivity contribution in [3.63, 3.8) is 0 Å². The van der Waals surface area contributed by atoms with E-state index in [2.05, 4.69) is 0 Å². The fourth-order valence-corrected chi connectivity index (χ4v) is 1.74. The van der Waals surface area contributed by atoms with Crippen molar-refractivity contribution in [2.75, 3.05) is 11.9 Å². The van der Waals surface area contributed by atoms with Crippen molar-refractivity contribution in [3.05, 3.63) is 59.7 Å². The fourth-order valence-electron chi connectivity index (χ4n) is 1.74. The molecule has 0 saturated heterocycles. The van der Waals surface area contributed by atoms with E-state index in [0.29, 0.717) is 17.8 Å². The van der Waals surface area contributed by atoms with Crippen molar-refractivity contribution in [2.45, 2.75) is 6.54 Å². The largest absolute Gasteiger partial charge is 0.508 e. The molecule has 94 valence electrons. The first-order valence-electron chi connectivity index (χ1n) is 5.50. The number of halogens is 2. The topological polar surface area (TPSA) is 23.5 Å². The van der Waals surface area contributed by atoms with E-state index in [0.717, 1.165) is 0 Å². The Morgan fingerprint density at radius 2 is 1.78 bits per heavy atom. The number of hydrogen-bond donors (Lipinski definition) is 1. The van der Waals surface area contributed by atoms with Crippen LogP contribution in [0.25, 0.3) is 0 Å². The van der Waals surface area contributed by atoms with Gasteiger partial charge in [0.25, 0.3) is 0 Å². The van der Waals surface area contributed by atoms with Gasteiger partial charge in [-0.25, -0.2) is 8.78 Å². The molecule has 0 amide bonds. The first-order valence-corrected chi connectivity index (χ1v) is 5.50. The lowest BCUT2D eigenvalue weighted by atomic mass is 10.1. The molecule has 0 fully saturated rings. The molecule has 0 aliphatic rings. The SMILES string of the molecule is CN(Cc1cc(F)ccc1O)c1cccc(F)c1. The van der Waals surface area contributed by atoms with E-state index in [-0.39, 0.29) is 11.6 Å². The third-order valence-corrected chi connectivity index (χ3v) is 2.70. The fraction of sp³-hybridized carbons (Fsp3) is 0.143. The summed E-state index contributed by atoms with van der Waals surface area (Å²) in [6.07, 6.45) is 0. The maximum atomic E-state index is 13.1. The minimum absolute atomic E-state index is 0.0275. The van der Waals surface area contributed by atoms with Crippen LogP contribution in [-0.2, 0) is 6.54 Å². The van der Waals surface area contributed by atoms with Crippen LogP contribution in [0.5, 0.6) is 5.75 Å². The summed E-state index contributed by atoms with van der Waals surface area (Å²) in [5.74, 6) is -0.710. The molecule has 0 aliphatic carbocycles. The summed E-state index contributed by atoms with van der Waals surface area (Å²) in [4.78, 5) is 1.73. The van der Waals surface area contributed by atoms with E-state index in [9.17, 15) is 13.9 Å². The normalized spacial score (nSPS) is 10.4. The molecule has 0 aromatic heterocycles. The molecular weight excluding hydrogens is 236 g/mol. The first-order chi connectivity index (χ1) is 8.56. The first kappa shape index (κ1) is 12.4. The lowest BCUT2D eigenvalue weighted by molar-refractivity contribution is 0.465. The second kappa shape index (κ2) is 5.04. The molecule has 0 unspecified atom stereocenters. The third kappa shape index (κ3) is 2.77. The van der Waals surface area contributed by atoms with Crippen molar-refractivity contribution >= 4 is 5.69 Å². The lowest BCUT2D eigenvalue weighted by Gasteiger charge is -2.20. The quantitative estimate of drug-likeness (QED) is 0.902. The molecule has 0 saturated carbocycles. The summed E-state index contributed by atoms with van der Waals surface area (Å²) >= 11 is 0. The molecule has 4 heteroatoms. The second-order valence-electron chi connectivity index (χ2n) is 4.11. The Hall–Kier alpha value is -2.10. The minimum Gasteiger partial charge on any atom is -0.508 e. The average molecular weight is 249 g/mol. The Kier molecular flexibility index (Phi) is 3.46. The van der Waals surface area contributed by atoms with Gasteiger partial charge < -0.3 is 10.0 Å². The highest BCUT2D eigenvalue weighted by Gasteiger charge is 2.08. The number of nitrogens with zero attached hydrogens (tertiary/aromatic N) is 1. The second-order valence-corrected chi connectivity index (χ2v) is 4.11. The van der Waals surface area contributed by atoms with E-state index >= 15 is 0 Å². The molecule has 0 aliphatic heterocycles. The van der Waals surface area contributed by atoms with Crippen molar-refractivity contribution in [1.82, 2.24) is 0 Å². The van der Waals surface area contributed by atoms with Gasteiger partial charge in [0.05, 0.1) is 0 Å². The summed E-state index contributed by atoms with van der Waals surface area (Å²) in [7, 11) is 1.75. The van der Waals surface area contributed by atoms with Crippen LogP contribution in [-0.4, -0.2) is 12.2 Å². The summed E-state index contributed by atoms with van der Waals surface area (Å²) in [5.41, 5.74) is 1.13. The van der Waals surface area contributed by atoms with Crippen molar-refractivity contribution in [1.29, 1.82) is 0 Å². The Labute approximate surface area is 104 Å². The maximum absolute atomic E-state index is 13.1. The van der Waals surface area contributed by atoms with Gasteiger partial charge in [0.2, 0.25) is 0 Å². The van der Waals surface area contributed by atoms with Gasteiger partial charge >= 0.3 is 0 Å². The number of benzene rings is 2. The highest BCUT2D eigenvalue weighted by Crippen LogP contribution is 2.22. The van der Waals surface area contributed by atoms with Crippen molar-refractivity contribution < 1.29 is 13.9 Å². The Bertz CT molecular complexity index is 557. The van der Waals surface area contributed by atoms with Gasteiger partial charge in [0.15, 0.2) is 0 Å².